The Balaban J connectivity index is 2.14. The zero-order valence-corrected chi connectivity index (χ0v) is 13.6. The van der Waals surface area contributed by atoms with Crippen LogP contribution in [-0.2, 0) is 6.54 Å². The van der Waals surface area contributed by atoms with Gasteiger partial charge in [-0.05, 0) is 42.9 Å². The maximum atomic E-state index is 4.75. The average Bonchev–Trinajstić information content (AvgIpc) is 2.34. The summed E-state index contributed by atoms with van der Waals surface area (Å²) < 4.78 is 0. The minimum atomic E-state index is 0.516. The molecule has 20 heavy (non-hydrogen) atoms. The van der Waals surface area contributed by atoms with E-state index in [1.807, 2.05) is 0 Å². The number of aryl methyl sites for hydroxylation is 1. The lowest BCUT2D eigenvalue weighted by molar-refractivity contribution is 0.355. The first-order valence-corrected chi connectivity index (χ1v) is 7.90. The van der Waals surface area contributed by atoms with Gasteiger partial charge in [-0.15, -0.1) is 0 Å². The number of nitrogens with one attached hydrogen (secondary N) is 1. The van der Waals surface area contributed by atoms with Crippen molar-refractivity contribution >= 4 is 5.82 Å². The van der Waals surface area contributed by atoms with Crippen LogP contribution in [0.1, 0.15) is 45.4 Å². The predicted octanol–water partition coefficient (Wildman–Crippen LogP) is 3.37. The molecule has 2 heterocycles. The number of hydrogen-bond acceptors (Lipinski definition) is 3. The number of piperidine rings is 1. The molecule has 1 saturated heterocycles. The van der Waals surface area contributed by atoms with Crippen LogP contribution < -0.4 is 10.2 Å². The third kappa shape index (κ3) is 4.20. The molecule has 1 aliphatic heterocycles. The van der Waals surface area contributed by atoms with Crippen LogP contribution in [-0.4, -0.2) is 24.1 Å². The fraction of sp³-hybridized carbons (Fsp3) is 0.706. The van der Waals surface area contributed by atoms with Crippen LogP contribution in [0.15, 0.2) is 12.1 Å². The number of nitrogens with zero attached hydrogens (tertiary/aromatic N) is 2. The molecule has 3 nitrogen and oxygen atoms in total. The first-order chi connectivity index (χ1) is 9.44. The molecule has 1 aliphatic rings. The summed E-state index contributed by atoms with van der Waals surface area (Å²) in [6.07, 6.45) is 1.34. The molecule has 1 aromatic heterocycles. The van der Waals surface area contributed by atoms with E-state index in [2.05, 4.69) is 57.0 Å². The SMILES string of the molecule is Cc1cc(CNC(C)C)cc(N2CC(C)CC(C)C2)n1. The van der Waals surface area contributed by atoms with Crippen LogP contribution in [0.5, 0.6) is 0 Å². The third-order valence-electron chi connectivity index (χ3n) is 3.91. The van der Waals surface area contributed by atoms with Gasteiger partial charge < -0.3 is 10.2 Å². The van der Waals surface area contributed by atoms with Crippen molar-refractivity contribution in [2.45, 2.75) is 53.6 Å². The maximum Gasteiger partial charge on any atom is 0.129 e. The van der Waals surface area contributed by atoms with Gasteiger partial charge in [0.15, 0.2) is 0 Å². The van der Waals surface area contributed by atoms with Crippen molar-refractivity contribution < 1.29 is 0 Å². The van der Waals surface area contributed by atoms with Gasteiger partial charge in [0.2, 0.25) is 0 Å². The fourth-order valence-corrected chi connectivity index (χ4v) is 3.16. The smallest absolute Gasteiger partial charge is 0.129 e. The number of hydrogen-bond donors (Lipinski definition) is 1. The highest BCUT2D eigenvalue weighted by Crippen LogP contribution is 2.25. The van der Waals surface area contributed by atoms with Crippen LogP contribution in [0.4, 0.5) is 5.82 Å². The lowest BCUT2D eigenvalue weighted by atomic mass is 9.92. The van der Waals surface area contributed by atoms with E-state index in [0.717, 1.165) is 43.0 Å². The third-order valence-corrected chi connectivity index (χ3v) is 3.91. The van der Waals surface area contributed by atoms with E-state index in [0.29, 0.717) is 6.04 Å². The predicted molar refractivity (Wildman–Crippen MR) is 86.1 cm³/mol. The van der Waals surface area contributed by atoms with Crippen LogP contribution in [0.3, 0.4) is 0 Å². The van der Waals surface area contributed by atoms with E-state index in [9.17, 15) is 0 Å². The van der Waals surface area contributed by atoms with Crippen molar-refractivity contribution in [2.75, 3.05) is 18.0 Å². The summed E-state index contributed by atoms with van der Waals surface area (Å²) >= 11 is 0. The molecule has 0 amide bonds. The summed E-state index contributed by atoms with van der Waals surface area (Å²) in [6, 6.07) is 4.96. The quantitative estimate of drug-likeness (QED) is 0.913. The Morgan fingerprint density at radius 3 is 2.50 bits per heavy atom. The summed E-state index contributed by atoms with van der Waals surface area (Å²) in [5.74, 6) is 2.68. The van der Waals surface area contributed by atoms with Crippen LogP contribution in [0, 0.1) is 18.8 Å². The molecule has 2 unspecified atom stereocenters. The van der Waals surface area contributed by atoms with Gasteiger partial charge in [-0.1, -0.05) is 27.7 Å². The summed E-state index contributed by atoms with van der Waals surface area (Å²) in [7, 11) is 0. The number of rotatable bonds is 4. The molecule has 2 rings (SSSR count). The van der Waals surface area contributed by atoms with Crippen molar-refractivity contribution in [2.24, 2.45) is 11.8 Å². The molecule has 0 saturated carbocycles. The molecular weight excluding hydrogens is 246 g/mol. The van der Waals surface area contributed by atoms with E-state index in [-0.39, 0.29) is 0 Å². The highest BCUT2D eigenvalue weighted by Gasteiger charge is 2.23. The molecule has 0 bridgehead atoms. The average molecular weight is 275 g/mol. The normalized spacial score (nSPS) is 23.4. The van der Waals surface area contributed by atoms with Gasteiger partial charge in [0.05, 0.1) is 0 Å². The summed E-state index contributed by atoms with van der Waals surface area (Å²) in [6.45, 7) is 14.4. The lowest BCUT2D eigenvalue weighted by Gasteiger charge is -2.36. The molecule has 0 aromatic carbocycles. The lowest BCUT2D eigenvalue weighted by Crippen LogP contribution is -2.39. The standard InChI is InChI=1S/C17H29N3/c1-12(2)18-9-16-7-15(5)19-17(8-16)20-10-13(3)6-14(4)11-20/h7-8,12-14,18H,6,9-11H2,1-5H3. The van der Waals surface area contributed by atoms with E-state index in [4.69, 9.17) is 4.98 Å². The highest BCUT2D eigenvalue weighted by molar-refractivity contribution is 5.43. The minimum absolute atomic E-state index is 0.516. The van der Waals surface area contributed by atoms with Crippen molar-refractivity contribution in [1.82, 2.24) is 10.3 Å². The zero-order chi connectivity index (χ0) is 14.7. The van der Waals surface area contributed by atoms with Crippen LogP contribution >= 0.6 is 0 Å². The van der Waals surface area contributed by atoms with Crippen LogP contribution in [0.2, 0.25) is 0 Å². The van der Waals surface area contributed by atoms with Crippen molar-refractivity contribution in [3.8, 4) is 0 Å². The van der Waals surface area contributed by atoms with Gasteiger partial charge in [-0.25, -0.2) is 4.98 Å². The maximum absolute atomic E-state index is 4.75. The van der Waals surface area contributed by atoms with Crippen molar-refractivity contribution in [3.05, 3.63) is 23.4 Å². The fourth-order valence-electron chi connectivity index (χ4n) is 3.16. The molecule has 1 fully saturated rings. The summed E-state index contributed by atoms with van der Waals surface area (Å²) in [5, 5.41) is 3.49. The van der Waals surface area contributed by atoms with Crippen molar-refractivity contribution in [3.63, 3.8) is 0 Å². The first kappa shape index (κ1) is 15.3. The van der Waals surface area contributed by atoms with Gasteiger partial charge >= 0.3 is 0 Å². The molecule has 2 atom stereocenters. The molecular formula is C17H29N3. The Kier molecular flexibility index (Phi) is 5.03. The van der Waals surface area contributed by atoms with Gasteiger partial charge in [0.25, 0.3) is 0 Å². The zero-order valence-electron chi connectivity index (χ0n) is 13.6. The van der Waals surface area contributed by atoms with E-state index in [1.165, 1.54) is 12.0 Å². The second-order valence-corrected chi connectivity index (χ2v) is 6.86. The van der Waals surface area contributed by atoms with E-state index >= 15 is 0 Å². The highest BCUT2D eigenvalue weighted by atomic mass is 15.2. The topological polar surface area (TPSA) is 28.2 Å². The Labute approximate surface area is 123 Å². The molecule has 0 radical (unpaired) electrons. The van der Waals surface area contributed by atoms with Gasteiger partial charge in [-0.2, -0.15) is 0 Å². The largest absolute Gasteiger partial charge is 0.356 e. The Bertz CT molecular complexity index is 432. The van der Waals surface area contributed by atoms with Gasteiger partial charge in [0.1, 0.15) is 5.82 Å². The number of anilines is 1. The summed E-state index contributed by atoms with van der Waals surface area (Å²) in [4.78, 5) is 7.21. The van der Waals surface area contributed by atoms with Gasteiger partial charge in [-0.3, -0.25) is 0 Å². The minimum Gasteiger partial charge on any atom is -0.356 e. The molecule has 0 spiro atoms. The first-order valence-electron chi connectivity index (χ1n) is 7.90. The second-order valence-electron chi connectivity index (χ2n) is 6.86. The van der Waals surface area contributed by atoms with E-state index < -0.39 is 0 Å². The van der Waals surface area contributed by atoms with Crippen molar-refractivity contribution in [1.29, 1.82) is 0 Å². The van der Waals surface area contributed by atoms with Gasteiger partial charge in [0, 0.05) is 31.4 Å². The second kappa shape index (κ2) is 6.57. The summed E-state index contributed by atoms with van der Waals surface area (Å²) in [5.41, 5.74) is 2.46. The van der Waals surface area contributed by atoms with Crippen LogP contribution in [0.25, 0.3) is 0 Å². The monoisotopic (exact) mass is 275 g/mol. The Morgan fingerprint density at radius 2 is 1.90 bits per heavy atom. The molecule has 1 N–H and O–H groups in total. The molecule has 112 valence electrons. The molecule has 1 aromatic rings. The van der Waals surface area contributed by atoms with E-state index in [1.54, 1.807) is 0 Å². The molecule has 3 heteroatoms. The number of aromatic nitrogens is 1. The molecule has 0 aliphatic carbocycles. The Hall–Kier alpha value is -1.09. The number of pyridine rings is 1. The Morgan fingerprint density at radius 1 is 1.25 bits per heavy atom.